The van der Waals surface area contributed by atoms with Crippen molar-refractivity contribution in [2.75, 3.05) is 40.0 Å². The minimum atomic E-state index is -1.40. The first kappa shape index (κ1) is 41.9. The highest BCUT2D eigenvalue weighted by molar-refractivity contribution is 6.32. The fourth-order valence-corrected chi connectivity index (χ4v) is 6.81. The molecule has 1 aliphatic rings. The molecule has 1 aliphatic heterocycles. The van der Waals surface area contributed by atoms with Crippen molar-refractivity contribution in [3.8, 4) is 34.4 Å². The number of likely N-dealkylation sites (tertiary alicyclic amines) is 1. The molecule has 0 aliphatic carbocycles. The molecule has 0 amide bonds. The van der Waals surface area contributed by atoms with Gasteiger partial charge in [-0.1, -0.05) is 41.9 Å². The highest BCUT2D eigenvalue weighted by Gasteiger charge is 2.40. The smallest absolute Gasteiger partial charge is 0.337 e. The number of benzene rings is 3. The lowest BCUT2D eigenvalue weighted by Gasteiger charge is -2.36. The van der Waals surface area contributed by atoms with Gasteiger partial charge in [0, 0.05) is 55.8 Å². The highest BCUT2D eigenvalue weighted by Crippen LogP contribution is 2.36. The molecule has 13 nitrogen and oxygen atoms in total. The van der Waals surface area contributed by atoms with Gasteiger partial charge in [-0.3, -0.25) is 15.1 Å². The van der Waals surface area contributed by atoms with Crippen molar-refractivity contribution in [3.63, 3.8) is 0 Å². The quantitative estimate of drug-likeness (QED) is 0.0749. The van der Waals surface area contributed by atoms with Gasteiger partial charge in [0.05, 0.1) is 30.9 Å². The molecule has 0 spiro atoms. The second-order valence-electron chi connectivity index (χ2n) is 13.7. The van der Waals surface area contributed by atoms with E-state index in [-0.39, 0.29) is 24.8 Å². The van der Waals surface area contributed by atoms with Crippen LogP contribution in [0.1, 0.15) is 52.6 Å². The molecule has 56 heavy (non-hydrogen) atoms. The lowest BCUT2D eigenvalue weighted by atomic mass is 9.91. The van der Waals surface area contributed by atoms with Crippen molar-refractivity contribution in [1.29, 1.82) is 5.26 Å². The third kappa shape index (κ3) is 10.5. The predicted octanol–water partition coefficient (Wildman–Crippen LogP) is 5.35. The molecule has 4 N–H and O–H groups in total. The molecule has 14 heteroatoms. The average Bonchev–Trinajstić information content (AvgIpc) is 3.20. The topological polar surface area (TPSA) is 184 Å². The van der Waals surface area contributed by atoms with E-state index < -0.39 is 30.2 Å². The Morgan fingerprint density at radius 2 is 1.68 bits per heavy atom. The van der Waals surface area contributed by atoms with Gasteiger partial charge in [0.25, 0.3) is 0 Å². The Bertz CT molecular complexity index is 2050. The molecular weight excluding hydrogens is 740 g/mol. The van der Waals surface area contributed by atoms with Crippen LogP contribution in [0.25, 0.3) is 11.1 Å². The Morgan fingerprint density at radius 1 is 0.964 bits per heavy atom. The van der Waals surface area contributed by atoms with Crippen molar-refractivity contribution >= 4 is 23.5 Å². The van der Waals surface area contributed by atoms with E-state index >= 15 is 0 Å². The van der Waals surface area contributed by atoms with Crippen LogP contribution in [0, 0.1) is 25.2 Å². The predicted molar refractivity (Wildman–Crippen MR) is 209 cm³/mol. The Balaban J connectivity index is 1.26. The van der Waals surface area contributed by atoms with Crippen LogP contribution in [0.3, 0.4) is 0 Å². The van der Waals surface area contributed by atoms with Crippen molar-refractivity contribution in [3.05, 3.63) is 105 Å². The Morgan fingerprint density at radius 3 is 2.38 bits per heavy atom. The number of carbonyl (C=O) groups is 2. The summed E-state index contributed by atoms with van der Waals surface area (Å²) in [5.74, 6) is -0.248. The summed E-state index contributed by atoms with van der Waals surface area (Å²) in [5, 5.41) is 41.8. The Kier molecular flexibility index (Phi) is 14.7. The first-order valence-corrected chi connectivity index (χ1v) is 18.7. The number of aliphatic carboxylic acids is 1. The molecule has 5 rings (SSSR count). The Hall–Kier alpha value is -5.23. The number of aromatic nitrogens is 1. The summed E-state index contributed by atoms with van der Waals surface area (Å²) < 4.78 is 23.4. The minimum absolute atomic E-state index is 0.0365. The maximum absolute atomic E-state index is 11.9. The van der Waals surface area contributed by atoms with Gasteiger partial charge in [0.2, 0.25) is 0 Å². The molecular formula is C42H47ClN4O9. The third-order valence-electron chi connectivity index (χ3n) is 9.98. The van der Waals surface area contributed by atoms with Crippen molar-refractivity contribution < 1.29 is 43.9 Å². The van der Waals surface area contributed by atoms with Gasteiger partial charge in [0.1, 0.15) is 42.6 Å². The van der Waals surface area contributed by atoms with Gasteiger partial charge >= 0.3 is 11.9 Å². The lowest BCUT2D eigenvalue weighted by molar-refractivity contribution is -0.167. The van der Waals surface area contributed by atoms with E-state index in [2.05, 4.69) is 33.4 Å². The van der Waals surface area contributed by atoms with E-state index in [9.17, 15) is 30.2 Å². The number of carboxylic acid groups (broad SMARTS) is 1. The first-order chi connectivity index (χ1) is 27.0. The maximum Gasteiger partial charge on any atom is 0.337 e. The summed E-state index contributed by atoms with van der Waals surface area (Å²) in [4.78, 5) is 29.7. The number of halogens is 1. The van der Waals surface area contributed by atoms with Crippen LogP contribution in [-0.4, -0.2) is 88.7 Å². The normalized spacial score (nSPS) is 14.4. The van der Waals surface area contributed by atoms with Crippen molar-refractivity contribution in [2.24, 2.45) is 0 Å². The van der Waals surface area contributed by atoms with Crippen LogP contribution in [0.15, 0.2) is 67.0 Å². The van der Waals surface area contributed by atoms with Gasteiger partial charge in [-0.2, -0.15) is 5.26 Å². The molecule has 1 saturated heterocycles. The zero-order chi connectivity index (χ0) is 40.2. The SMILES string of the molecule is COC(=O)C1(O)CCN(CCCOc2cccc(-c3cccc(COc4cc(OCc5cncc(C#N)c5)c(CNC(CO)C(=O)O)cc4Cl)c3C)c2C)CC1. The molecule has 1 fully saturated rings. The molecule has 4 aromatic rings. The fraction of sp³-hybridized carbons (Fsp3) is 0.381. The van der Waals surface area contributed by atoms with Gasteiger partial charge in [-0.25, -0.2) is 4.79 Å². The number of carbonyl (C=O) groups excluding carboxylic acids is 1. The van der Waals surface area contributed by atoms with Gasteiger partial charge in [0.15, 0.2) is 5.60 Å². The number of ether oxygens (including phenoxy) is 4. The number of pyridine rings is 1. The number of nitrogens with zero attached hydrogens (tertiary/aromatic N) is 3. The third-order valence-corrected chi connectivity index (χ3v) is 10.3. The number of nitrogens with one attached hydrogen (secondary N) is 1. The van der Waals surface area contributed by atoms with Crippen LogP contribution in [0.5, 0.6) is 17.2 Å². The summed E-state index contributed by atoms with van der Waals surface area (Å²) in [7, 11) is 1.29. The molecule has 2 heterocycles. The molecule has 296 valence electrons. The minimum Gasteiger partial charge on any atom is -0.493 e. The van der Waals surface area contributed by atoms with Crippen LogP contribution >= 0.6 is 11.6 Å². The summed E-state index contributed by atoms with van der Waals surface area (Å²) >= 11 is 6.70. The second-order valence-corrected chi connectivity index (χ2v) is 14.1. The number of nitriles is 1. The fourth-order valence-electron chi connectivity index (χ4n) is 6.57. The largest absolute Gasteiger partial charge is 0.493 e. The molecule has 1 unspecified atom stereocenters. The molecule has 0 bridgehead atoms. The molecule has 3 aromatic carbocycles. The van der Waals surface area contributed by atoms with Gasteiger partial charge in [-0.05, 0) is 79.1 Å². The highest BCUT2D eigenvalue weighted by atomic mass is 35.5. The van der Waals surface area contributed by atoms with Gasteiger partial charge in [-0.15, -0.1) is 0 Å². The van der Waals surface area contributed by atoms with Gasteiger partial charge < -0.3 is 39.2 Å². The van der Waals surface area contributed by atoms with Crippen LogP contribution < -0.4 is 19.5 Å². The van der Waals surface area contributed by atoms with Crippen LogP contribution in [-0.2, 0) is 34.1 Å². The lowest BCUT2D eigenvalue weighted by Crippen LogP contribution is -2.50. The maximum atomic E-state index is 11.9. The second kappa shape index (κ2) is 19.6. The summed E-state index contributed by atoms with van der Waals surface area (Å²) in [6, 6.07) is 17.8. The number of aliphatic hydroxyl groups is 2. The summed E-state index contributed by atoms with van der Waals surface area (Å²) in [6.07, 6.45) is 4.52. The van der Waals surface area contributed by atoms with Crippen LogP contribution in [0.2, 0.25) is 5.02 Å². The van der Waals surface area contributed by atoms with E-state index in [1.165, 1.54) is 13.3 Å². The number of hydrogen-bond donors (Lipinski definition) is 4. The van der Waals surface area contributed by atoms with E-state index in [1.807, 2.05) is 38.1 Å². The first-order valence-electron chi connectivity index (χ1n) is 18.3. The summed E-state index contributed by atoms with van der Waals surface area (Å²) in [6.45, 7) is 6.30. The van der Waals surface area contributed by atoms with Crippen molar-refractivity contribution in [1.82, 2.24) is 15.2 Å². The summed E-state index contributed by atoms with van der Waals surface area (Å²) in [5.41, 5.74) is 5.21. The number of hydrogen-bond acceptors (Lipinski definition) is 12. The van der Waals surface area contributed by atoms with E-state index in [1.54, 1.807) is 24.4 Å². The standard InChI is InChI=1S/C42H47ClN4O9/c1-27-31(7-4-8-33(27)34-9-5-10-37(28(34)2)54-16-6-13-47-14-11-42(52,12-15-47)41(51)53-3)26-56-39-19-38(55-25-30-17-29(20-44)21-45-22-30)32(18-35(39)43)23-46-36(24-48)40(49)50/h4-5,7-10,17-19,21-22,36,46,48,52H,6,11-16,23-26H2,1-3H3,(H,49,50). The number of carboxylic acids is 1. The number of rotatable bonds is 18. The molecule has 0 saturated carbocycles. The number of aliphatic hydroxyl groups excluding tert-OH is 1. The molecule has 1 atom stereocenters. The molecule has 1 aromatic heterocycles. The monoisotopic (exact) mass is 786 g/mol. The number of piperidine rings is 1. The number of esters is 1. The average molecular weight is 787 g/mol. The van der Waals surface area contributed by atoms with E-state index in [4.69, 9.17) is 30.5 Å². The van der Waals surface area contributed by atoms with Crippen molar-refractivity contribution in [2.45, 2.75) is 64.5 Å². The van der Waals surface area contributed by atoms with E-state index in [0.29, 0.717) is 60.7 Å². The molecule has 0 radical (unpaired) electrons. The zero-order valence-corrected chi connectivity index (χ0v) is 32.5. The Labute approximate surface area is 331 Å². The van der Waals surface area contributed by atoms with Crippen LogP contribution in [0.4, 0.5) is 0 Å². The van der Waals surface area contributed by atoms with E-state index in [0.717, 1.165) is 46.5 Å². The zero-order valence-electron chi connectivity index (χ0n) is 31.7. The number of methoxy groups -OCH3 is 1.